The lowest BCUT2D eigenvalue weighted by Crippen LogP contribution is -2.35. The molecule has 1 amide bonds. The summed E-state index contributed by atoms with van der Waals surface area (Å²) < 4.78 is 13.6. The zero-order valence-electron chi connectivity index (χ0n) is 10.2. The summed E-state index contributed by atoms with van der Waals surface area (Å²) in [6, 6.07) is 4.42. The monoisotopic (exact) mass is 251 g/mol. The molecule has 4 nitrogen and oxygen atoms in total. The van der Waals surface area contributed by atoms with Crippen LogP contribution in [0.25, 0.3) is 0 Å². The van der Waals surface area contributed by atoms with Crippen LogP contribution in [0.3, 0.4) is 0 Å². The van der Waals surface area contributed by atoms with E-state index >= 15 is 0 Å². The Morgan fingerprint density at radius 2 is 2.17 bits per heavy atom. The van der Waals surface area contributed by atoms with Crippen molar-refractivity contribution in [1.29, 1.82) is 0 Å². The second-order valence-corrected chi connectivity index (χ2v) is 4.83. The van der Waals surface area contributed by atoms with E-state index in [0.717, 1.165) is 25.7 Å². The van der Waals surface area contributed by atoms with Gasteiger partial charge in [-0.1, -0.05) is 0 Å². The van der Waals surface area contributed by atoms with Crippen LogP contribution in [-0.4, -0.2) is 18.0 Å². The first kappa shape index (κ1) is 12.8. The second kappa shape index (κ2) is 5.35. The fourth-order valence-electron chi connectivity index (χ4n) is 2.37. The minimum Gasteiger partial charge on any atom is -0.380 e. The first-order valence-electron chi connectivity index (χ1n) is 6.17. The molecule has 0 bridgehead atoms. The van der Waals surface area contributed by atoms with E-state index < -0.39 is 5.91 Å². The summed E-state index contributed by atoms with van der Waals surface area (Å²) in [4.78, 5) is 11.1. The summed E-state index contributed by atoms with van der Waals surface area (Å²) in [5.74, 6) is -0.933. The molecule has 2 rings (SSSR count). The van der Waals surface area contributed by atoms with E-state index in [1.807, 2.05) is 0 Å². The number of rotatable bonds is 3. The van der Waals surface area contributed by atoms with E-state index in [1.165, 1.54) is 18.2 Å². The van der Waals surface area contributed by atoms with Crippen LogP contribution in [0.1, 0.15) is 36.0 Å². The van der Waals surface area contributed by atoms with Crippen LogP contribution in [0.2, 0.25) is 0 Å². The largest absolute Gasteiger partial charge is 0.380 e. The van der Waals surface area contributed by atoms with Crippen molar-refractivity contribution in [2.24, 2.45) is 11.5 Å². The number of nitrogens with one attached hydrogen (secondary N) is 1. The van der Waals surface area contributed by atoms with Crippen molar-refractivity contribution >= 4 is 11.6 Å². The van der Waals surface area contributed by atoms with Gasteiger partial charge in [0.25, 0.3) is 0 Å². The van der Waals surface area contributed by atoms with Gasteiger partial charge in [0.2, 0.25) is 5.91 Å². The minimum atomic E-state index is -0.557. The summed E-state index contributed by atoms with van der Waals surface area (Å²) in [5.41, 5.74) is 11.7. The van der Waals surface area contributed by atoms with E-state index in [-0.39, 0.29) is 17.9 Å². The molecule has 98 valence electrons. The number of hydrogen-bond acceptors (Lipinski definition) is 3. The van der Waals surface area contributed by atoms with Gasteiger partial charge in [-0.25, -0.2) is 4.39 Å². The van der Waals surface area contributed by atoms with E-state index in [4.69, 9.17) is 11.5 Å². The van der Waals surface area contributed by atoms with Gasteiger partial charge in [0.05, 0.1) is 5.69 Å². The third-order valence-corrected chi connectivity index (χ3v) is 3.33. The predicted molar refractivity (Wildman–Crippen MR) is 68.8 cm³/mol. The Labute approximate surface area is 106 Å². The normalized spacial score (nSPS) is 23.7. The molecule has 0 saturated heterocycles. The maximum atomic E-state index is 13.6. The van der Waals surface area contributed by atoms with Crippen molar-refractivity contribution in [3.05, 3.63) is 29.6 Å². The number of halogens is 1. The van der Waals surface area contributed by atoms with E-state index in [0.29, 0.717) is 11.3 Å². The van der Waals surface area contributed by atoms with Gasteiger partial charge in [0.1, 0.15) is 5.82 Å². The van der Waals surface area contributed by atoms with Crippen molar-refractivity contribution in [3.8, 4) is 0 Å². The summed E-state index contributed by atoms with van der Waals surface area (Å²) in [6.07, 6.45) is 3.84. The van der Waals surface area contributed by atoms with Gasteiger partial charge < -0.3 is 16.8 Å². The van der Waals surface area contributed by atoms with Gasteiger partial charge in [-0.2, -0.15) is 0 Å². The number of anilines is 1. The molecule has 0 aliphatic heterocycles. The minimum absolute atomic E-state index is 0.159. The zero-order valence-corrected chi connectivity index (χ0v) is 10.2. The fourth-order valence-corrected chi connectivity index (χ4v) is 2.37. The smallest absolute Gasteiger partial charge is 0.248 e. The fraction of sp³-hybridized carbons (Fsp3) is 0.462. The number of carbonyl (C=O) groups is 1. The maximum Gasteiger partial charge on any atom is 0.248 e. The van der Waals surface area contributed by atoms with Crippen LogP contribution in [-0.2, 0) is 0 Å². The highest BCUT2D eigenvalue weighted by atomic mass is 19.1. The highest BCUT2D eigenvalue weighted by Gasteiger charge is 2.20. The first-order valence-corrected chi connectivity index (χ1v) is 6.17. The van der Waals surface area contributed by atoms with E-state index in [2.05, 4.69) is 5.32 Å². The van der Waals surface area contributed by atoms with Gasteiger partial charge in [-0.15, -0.1) is 0 Å². The van der Waals surface area contributed by atoms with Crippen LogP contribution in [0.15, 0.2) is 18.2 Å². The summed E-state index contributed by atoms with van der Waals surface area (Å²) in [7, 11) is 0. The Kier molecular flexibility index (Phi) is 3.81. The molecule has 1 aliphatic carbocycles. The lowest BCUT2D eigenvalue weighted by atomic mass is 9.91. The number of benzene rings is 1. The Balaban J connectivity index is 2.12. The molecule has 1 aromatic carbocycles. The second-order valence-electron chi connectivity index (χ2n) is 4.83. The summed E-state index contributed by atoms with van der Waals surface area (Å²) >= 11 is 0. The molecular weight excluding hydrogens is 233 g/mol. The van der Waals surface area contributed by atoms with Crippen molar-refractivity contribution in [1.82, 2.24) is 0 Å². The van der Waals surface area contributed by atoms with Crippen LogP contribution < -0.4 is 16.8 Å². The highest BCUT2D eigenvalue weighted by molar-refractivity contribution is 5.93. The number of amides is 1. The van der Waals surface area contributed by atoms with Crippen LogP contribution >= 0.6 is 0 Å². The first-order chi connectivity index (χ1) is 8.56. The van der Waals surface area contributed by atoms with Gasteiger partial charge in [-0.05, 0) is 43.9 Å². The standard InChI is InChI=1S/C13H18FN3O/c14-11-5-4-8(13(16)18)6-12(11)17-10-3-1-2-9(15)7-10/h4-6,9-10,17H,1-3,7,15H2,(H2,16,18). The van der Waals surface area contributed by atoms with Crippen LogP contribution in [0.4, 0.5) is 10.1 Å². The molecule has 1 fully saturated rings. The summed E-state index contributed by atoms with van der Waals surface area (Å²) in [6.45, 7) is 0. The van der Waals surface area contributed by atoms with E-state index in [1.54, 1.807) is 0 Å². The lowest BCUT2D eigenvalue weighted by molar-refractivity contribution is 0.100. The molecular formula is C13H18FN3O. The van der Waals surface area contributed by atoms with Gasteiger partial charge in [-0.3, -0.25) is 4.79 Å². The molecule has 5 N–H and O–H groups in total. The molecule has 2 unspecified atom stereocenters. The predicted octanol–water partition coefficient (Wildman–Crippen LogP) is 1.61. The molecule has 0 spiro atoms. The molecule has 0 radical (unpaired) electrons. The molecule has 2 atom stereocenters. The summed E-state index contributed by atoms with van der Waals surface area (Å²) in [5, 5.41) is 3.11. The van der Waals surface area contributed by atoms with Gasteiger partial charge in [0, 0.05) is 17.6 Å². The molecule has 1 aromatic rings. The van der Waals surface area contributed by atoms with Crippen molar-refractivity contribution in [2.45, 2.75) is 37.8 Å². The quantitative estimate of drug-likeness (QED) is 0.763. The van der Waals surface area contributed by atoms with Gasteiger partial charge in [0.15, 0.2) is 0 Å². The average molecular weight is 251 g/mol. The van der Waals surface area contributed by atoms with Crippen molar-refractivity contribution in [3.63, 3.8) is 0 Å². The van der Waals surface area contributed by atoms with Crippen molar-refractivity contribution in [2.75, 3.05) is 5.32 Å². The Bertz CT molecular complexity index is 450. The SMILES string of the molecule is NC(=O)c1ccc(F)c(NC2CCCC(N)C2)c1. The zero-order chi connectivity index (χ0) is 13.1. The topological polar surface area (TPSA) is 81.1 Å². The third-order valence-electron chi connectivity index (χ3n) is 3.33. The Hall–Kier alpha value is -1.62. The molecule has 5 heteroatoms. The van der Waals surface area contributed by atoms with Crippen LogP contribution in [0.5, 0.6) is 0 Å². The molecule has 0 heterocycles. The van der Waals surface area contributed by atoms with Crippen LogP contribution in [0, 0.1) is 5.82 Å². The Morgan fingerprint density at radius 3 is 2.83 bits per heavy atom. The van der Waals surface area contributed by atoms with E-state index in [9.17, 15) is 9.18 Å². The molecule has 1 aliphatic rings. The lowest BCUT2D eigenvalue weighted by Gasteiger charge is -2.28. The highest BCUT2D eigenvalue weighted by Crippen LogP contribution is 2.23. The maximum absolute atomic E-state index is 13.6. The van der Waals surface area contributed by atoms with Gasteiger partial charge >= 0.3 is 0 Å². The number of carbonyl (C=O) groups excluding carboxylic acids is 1. The number of hydrogen-bond donors (Lipinski definition) is 3. The third kappa shape index (κ3) is 2.98. The molecule has 0 aromatic heterocycles. The Morgan fingerprint density at radius 1 is 1.39 bits per heavy atom. The van der Waals surface area contributed by atoms with Crippen molar-refractivity contribution < 1.29 is 9.18 Å². The number of primary amides is 1. The number of nitrogens with two attached hydrogens (primary N) is 2. The molecule has 18 heavy (non-hydrogen) atoms. The molecule has 1 saturated carbocycles. The average Bonchev–Trinajstić information content (AvgIpc) is 2.31.